The predicted molar refractivity (Wildman–Crippen MR) is 115 cm³/mol. The van der Waals surface area contributed by atoms with Crippen LogP contribution in [-0.2, 0) is 25.7 Å². The molecule has 30 heavy (non-hydrogen) atoms. The van der Waals surface area contributed by atoms with E-state index in [2.05, 4.69) is 15.9 Å². The van der Waals surface area contributed by atoms with Crippen LogP contribution in [0.15, 0.2) is 46.4 Å². The molecule has 1 fully saturated rings. The molecule has 0 amide bonds. The number of benzene rings is 2. The van der Waals surface area contributed by atoms with Crippen molar-refractivity contribution in [3.8, 4) is 11.5 Å². The number of rotatable bonds is 6. The van der Waals surface area contributed by atoms with Crippen LogP contribution < -0.4 is 9.47 Å². The zero-order valence-electron chi connectivity index (χ0n) is 16.7. The van der Waals surface area contributed by atoms with Gasteiger partial charge in [-0.15, -0.1) is 0 Å². The lowest BCUT2D eigenvalue weighted by Crippen LogP contribution is -2.41. The van der Waals surface area contributed by atoms with Crippen molar-refractivity contribution in [1.29, 1.82) is 0 Å². The van der Waals surface area contributed by atoms with Gasteiger partial charge in [-0.2, -0.15) is 0 Å². The number of cyclic esters (lactones) is 2. The Morgan fingerprint density at radius 3 is 2.40 bits per heavy atom. The summed E-state index contributed by atoms with van der Waals surface area (Å²) in [5.41, 5.74) is 1.17. The zero-order chi connectivity index (χ0) is 21.9. The predicted octanol–water partition coefficient (Wildman–Crippen LogP) is 5.30. The molecule has 0 saturated carbocycles. The van der Waals surface area contributed by atoms with Crippen LogP contribution in [0.1, 0.15) is 31.9 Å². The minimum atomic E-state index is -1.29. The Hall–Kier alpha value is -2.51. The molecule has 0 aliphatic carbocycles. The maximum Gasteiger partial charge on any atom is 0.348 e. The van der Waals surface area contributed by atoms with Gasteiger partial charge >= 0.3 is 11.9 Å². The van der Waals surface area contributed by atoms with Gasteiger partial charge in [-0.05, 0) is 52.7 Å². The van der Waals surface area contributed by atoms with Gasteiger partial charge in [0.15, 0.2) is 11.5 Å². The first kappa shape index (κ1) is 22.2. The van der Waals surface area contributed by atoms with E-state index in [0.29, 0.717) is 33.2 Å². The van der Waals surface area contributed by atoms with Crippen LogP contribution in [0.2, 0.25) is 5.02 Å². The maximum atomic E-state index is 12.2. The SMILES string of the molecule is CCOc1cc(C=C2C(=O)OC(C)(C)OC2=O)cc(Br)c1OCc1ccccc1Cl. The molecule has 2 aromatic carbocycles. The second-order valence-electron chi connectivity index (χ2n) is 6.88. The van der Waals surface area contributed by atoms with Gasteiger partial charge in [-0.25, -0.2) is 9.59 Å². The Kier molecular flexibility index (Phi) is 6.73. The van der Waals surface area contributed by atoms with Gasteiger partial charge in [0, 0.05) is 24.4 Å². The zero-order valence-corrected chi connectivity index (χ0v) is 19.0. The van der Waals surface area contributed by atoms with Gasteiger partial charge in [-0.3, -0.25) is 0 Å². The number of esters is 2. The quantitative estimate of drug-likeness (QED) is 0.308. The lowest BCUT2D eigenvalue weighted by molar-refractivity contribution is -0.222. The van der Waals surface area contributed by atoms with Gasteiger partial charge in [-0.1, -0.05) is 29.8 Å². The normalized spacial score (nSPS) is 15.3. The Bertz CT molecular complexity index is 993. The summed E-state index contributed by atoms with van der Waals surface area (Å²) in [5.74, 6) is -1.86. The molecular formula is C22H20BrClO6. The van der Waals surface area contributed by atoms with E-state index >= 15 is 0 Å². The third-order valence-corrected chi connectivity index (χ3v) is 5.05. The molecule has 0 N–H and O–H groups in total. The average molecular weight is 496 g/mol. The summed E-state index contributed by atoms with van der Waals surface area (Å²) in [5, 5.41) is 0.602. The summed E-state index contributed by atoms with van der Waals surface area (Å²) in [6.45, 7) is 5.47. The highest BCUT2D eigenvalue weighted by atomic mass is 79.9. The van der Waals surface area contributed by atoms with Gasteiger partial charge < -0.3 is 18.9 Å². The van der Waals surface area contributed by atoms with Crippen molar-refractivity contribution < 1.29 is 28.5 Å². The molecule has 0 atom stereocenters. The highest BCUT2D eigenvalue weighted by Gasteiger charge is 2.38. The Morgan fingerprint density at radius 1 is 1.10 bits per heavy atom. The smallest absolute Gasteiger partial charge is 0.348 e. The number of carbonyl (C=O) groups is 2. The lowest BCUT2D eigenvalue weighted by Gasteiger charge is -2.29. The molecule has 0 spiro atoms. The van der Waals surface area contributed by atoms with Crippen LogP contribution in [0.3, 0.4) is 0 Å². The molecule has 0 bridgehead atoms. The van der Waals surface area contributed by atoms with Crippen LogP contribution in [0, 0.1) is 0 Å². The molecule has 0 radical (unpaired) electrons. The Labute approximate surface area is 187 Å². The van der Waals surface area contributed by atoms with Crippen LogP contribution >= 0.6 is 27.5 Å². The first-order valence-corrected chi connectivity index (χ1v) is 10.4. The third kappa shape index (κ3) is 5.15. The van der Waals surface area contributed by atoms with E-state index in [-0.39, 0.29) is 12.2 Å². The lowest BCUT2D eigenvalue weighted by atomic mass is 10.1. The Morgan fingerprint density at radius 2 is 1.77 bits per heavy atom. The summed E-state index contributed by atoms with van der Waals surface area (Å²) in [6.07, 6.45) is 1.39. The van der Waals surface area contributed by atoms with Crippen molar-refractivity contribution in [2.45, 2.75) is 33.2 Å². The van der Waals surface area contributed by atoms with E-state index in [1.807, 2.05) is 25.1 Å². The van der Waals surface area contributed by atoms with Crippen LogP contribution in [0.5, 0.6) is 11.5 Å². The third-order valence-electron chi connectivity index (χ3n) is 4.09. The van der Waals surface area contributed by atoms with Crippen LogP contribution in [-0.4, -0.2) is 24.3 Å². The van der Waals surface area contributed by atoms with Gasteiger partial charge in [0.05, 0.1) is 11.1 Å². The van der Waals surface area contributed by atoms with Crippen molar-refractivity contribution in [2.75, 3.05) is 6.61 Å². The minimum Gasteiger partial charge on any atom is -0.490 e. The summed E-state index contributed by atoms with van der Waals surface area (Å²) >= 11 is 9.67. The van der Waals surface area contributed by atoms with Gasteiger partial charge in [0.2, 0.25) is 0 Å². The molecule has 1 heterocycles. The number of halogens is 2. The van der Waals surface area contributed by atoms with Crippen LogP contribution in [0.25, 0.3) is 6.08 Å². The second kappa shape index (κ2) is 9.10. The molecule has 3 rings (SSSR count). The van der Waals surface area contributed by atoms with E-state index in [4.69, 9.17) is 30.5 Å². The highest BCUT2D eigenvalue weighted by molar-refractivity contribution is 9.10. The van der Waals surface area contributed by atoms with E-state index in [1.165, 1.54) is 19.9 Å². The number of carbonyl (C=O) groups excluding carboxylic acids is 2. The fraction of sp³-hybridized carbons (Fsp3) is 0.273. The summed E-state index contributed by atoms with van der Waals surface area (Å²) < 4.78 is 22.5. The average Bonchev–Trinajstić information content (AvgIpc) is 2.65. The summed E-state index contributed by atoms with van der Waals surface area (Å²) in [4.78, 5) is 24.4. The maximum absolute atomic E-state index is 12.2. The molecular weight excluding hydrogens is 476 g/mol. The van der Waals surface area contributed by atoms with Crippen molar-refractivity contribution in [2.24, 2.45) is 0 Å². The molecule has 1 aliphatic rings. The van der Waals surface area contributed by atoms with E-state index in [1.54, 1.807) is 18.2 Å². The summed E-state index contributed by atoms with van der Waals surface area (Å²) in [7, 11) is 0. The molecule has 1 saturated heterocycles. The molecule has 2 aromatic rings. The van der Waals surface area contributed by atoms with Gasteiger partial charge in [0.1, 0.15) is 12.2 Å². The van der Waals surface area contributed by atoms with Crippen molar-refractivity contribution in [1.82, 2.24) is 0 Å². The first-order valence-electron chi connectivity index (χ1n) is 9.21. The summed E-state index contributed by atoms with van der Waals surface area (Å²) in [6, 6.07) is 10.8. The number of hydrogen-bond acceptors (Lipinski definition) is 6. The molecule has 8 heteroatoms. The standard InChI is InChI=1S/C22H20BrClO6/c1-4-27-18-11-13(9-15-20(25)29-22(2,3)30-21(15)26)10-16(23)19(18)28-12-14-7-5-6-8-17(14)24/h5-11H,4,12H2,1-3H3. The largest absolute Gasteiger partial charge is 0.490 e. The van der Waals surface area contributed by atoms with Crippen LogP contribution in [0.4, 0.5) is 0 Å². The monoisotopic (exact) mass is 494 g/mol. The van der Waals surface area contributed by atoms with Crippen molar-refractivity contribution in [3.63, 3.8) is 0 Å². The molecule has 6 nitrogen and oxygen atoms in total. The van der Waals surface area contributed by atoms with E-state index in [9.17, 15) is 9.59 Å². The molecule has 158 valence electrons. The van der Waals surface area contributed by atoms with Crippen molar-refractivity contribution >= 4 is 45.5 Å². The second-order valence-corrected chi connectivity index (χ2v) is 8.14. The van der Waals surface area contributed by atoms with Gasteiger partial charge in [0.25, 0.3) is 5.79 Å². The fourth-order valence-corrected chi connectivity index (χ4v) is 3.55. The molecule has 1 aliphatic heterocycles. The van der Waals surface area contributed by atoms with Crippen molar-refractivity contribution in [3.05, 3.63) is 62.6 Å². The first-order chi connectivity index (χ1) is 14.2. The number of ether oxygens (including phenoxy) is 4. The molecule has 0 aromatic heterocycles. The topological polar surface area (TPSA) is 71.1 Å². The Balaban J connectivity index is 1.90. The minimum absolute atomic E-state index is 0.201. The number of hydrogen-bond donors (Lipinski definition) is 0. The fourth-order valence-electron chi connectivity index (χ4n) is 2.78. The highest BCUT2D eigenvalue weighted by Crippen LogP contribution is 2.38. The van der Waals surface area contributed by atoms with E-state index in [0.717, 1.165) is 5.56 Å². The van der Waals surface area contributed by atoms with E-state index < -0.39 is 17.7 Å². The molecule has 0 unspecified atom stereocenters.